The monoisotopic (exact) mass is 431 g/mol. The molecule has 0 radical (unpaired) electrons. The first-order valence-corrected chi connectivity index (χ1v) is 8.32. The molecule has 2 aromatic heterocycles. The van der Waals surface area contributed by atoms with E-state index in [0.717, 1.165) is 12.3 Å². The van der Waals surface area contributed by atoms with E-state index < -0.39 is 24.6 Å². The highest BCUT2D eigenvalue weighted by Gasteiger charge is 2.29. The number of hydrogen-bond acceptors (Lipinski definition) is 5. The molecule has 0 aliphatic rings. The fourth-order valence-electron chi connectivity index (χ4n) is 2.07. The lowest BCUT2D eigenvalue weighted by atomic mass is 10.2. The molecule has 3 rings (SSSR count). The third-order valence-corrected chi connectivity index (χ3v) is 3.88. The lowest BCUT2D eigenvalue weighted by Crippen LogP contribution is -2.20. The first-order valence-electron chi connectivity index (χ1n) is 7.56. The molecule has 0 aliphatic heterocycles. The van der Waals surface area contributed by atoms with Crippen molar-refractivity contribution >= 4 is 35.1 Å². The van der Waals surface area contributed by atoms with Gasteiger partial charge < -0.3 is 4.74 Å². The van der Waals surface area contributed by atoms with Gasteiger partial charge in [0.1, 0.15) is 5.02 Å². The van der Waals surface area contributed by atoms with Gasteiger partial charge in [-0.05, 0) is 18.2 Å². The van der Waals surface area contributed by atoms with Crippen LogP contribution in [0.2, 0.25) is 10.0 Å². The summed E-state index contributed by atoms with van der Waals surface area (Å²) in [5.74, 6) is -0.794. The fourth-order valence-corrected chi connectivity index (χ4v) is 2.52. The Morgan fingerprint density at radius 2 is 1.96 bits per heavy atom. The molecule has 0 atom stereocenters. The number of nitrogens with zero attached hydrogens (tertiary/aromatic N) is 3. The van der Waals surface area contributed by atoms with Crippen molar-refractivity contribution in [3.8, 4) is 17.3 Å². The highest BCUT2D eigenvalue weighted by atomic mass is 35.5. The van der Waals surface area contributed by atoms with Gasteiger partial charge in [-0.3, -0.25) is 15.2 Å². The van der Waals surface area contributed by atoms with E-state index >= 15 is 0 Å². The molecule has 0 saturated heterocycles. The van der Waals surface area contributed by atoms with Gasteiger partial charge in [0.2, 0.25) is 11.8 Å². The van der Waals surface area contributed by atoms with Crippen LogP contribution in [0.1, 0.15) is 10.4 Å². The number of benzene rings is 1. The van der Waals surface area contributed by atoms with Crippen molar-refractivity contribution in [1.82, 2.24) is 20.2 Å². The van der Waals surface area contributed by atoms with Crippen LogP contribution in [-0.4, -0.2) is 38.9 Å². The smallest absolute Gasteiger partial charge is 0.422 e. The maximum atomic E-state index is 12.3. The van der Waals surface area contributed by atoms with E-state index in [1.54, 1.807) is 24.3 Å². The van der Waals surface area contributed by atoms with Crippen molar-refractivity contribution in [2.24, 2.45) is 0 Å². The number of aromatic amines is 1. The van der Waals surface area contributed by atoms with Crippen LogP contribution in [0.15, 0.2) is 36.5 Å². The van der Waals surface area contributed by atoms with Gasteiger partial charge in [-0.2, -0.15) is 18.2 Å². The Balaban J connectivity index is 1.70. The number of carbonyl (C=O) groups is 1. The molecular weight excluding hydrogens is 422 g/mol. The van der Waals surface area contributed by atoms with E-state index in [1.807, 2.05) is 0 Å². The van der Waals surface area contributed by atoms with E-state index in [1.165, 1.54) is 0 Å². The molecule has 0 bridgehead atoms. The molecule has 7 nitrogen and oxygen atoms in total. The third-order valence-electron chi connectivity index (χ3n) is 3.28. The summed E-state index contributed by atoms with van der Waals surface area (Å²) in [5, 5.41) is 9.12. The predicted molar refractivity (Wildman–Crippen MR) is 95.6 cm³/mol. The number of aromatic nitrogens is 4. The second-order valence-corrected chi connectivity index (χ2v) is 6.17. The highest BCUT2D eigenvalue weighted by Crippen LogP contribution is 2.26. The molecule has 28 heavy (non-hydrogen) atoms. The second kappa shape index (κ2) is 8.03. The fraction of sp³-hybridized carbons (Fsp3) is 0.125. The normalized spacial score (nSPS) is 11.3. The molecule has 12 heteroatoms. The van der Waals surface area contributed by atoms with Gasteiger partial charge in [0.25, 0.3) is 5.91 Å². The lowest BCUT2D eigenvalue weighted by Gasteiger charge is -2.10. The molecule has 0 aliphatic carbocycles. The summed E-state index contributed by atoms with van der Waals surface area (Å²) in [7, 11) is 0. The summed E-state index contributed by atoms with van der Waals surface area (Å²) in [6.07, 6.45) is -3.51. The van der Waals surface area contributed by atoms with E-state index in [9.17, 15) is 18.0 Å². The zero-order valence-corrected chi connectivity index (χ0v) is 15.2. The third kappa shape index (κ3) is 4.90. The van der Waals surface area contributed by atoms with Gasteiger partial charge in [-0.25, -0.2) is 4.98 Å². The average Bonchev–Trinajstić information content (AvgIpc) is 3.08. The minimum Gasteiger partial charge on any atom is -0.467 e. The number of H-pyrrole nitrogens is 1. The predicted octanol–water partition coefficient (Wildman–Crippen LogP) is 4.37. The van der Waals surface area contributed by atoms with Crippen LogP contribution in [0.25, 0.3) is 11.4 Å². The van der Waals surface area contributed by atoms with Gasteiger partial charge in [0.15, 0.2) is 12.4 Å². The number of pyridine rings is 1. The quantitative estimate of drug-likeness (QED) is 0.625. The first kappa shape index (κ1) is 19.9. The number of carbonyl (C=O) groups excluding carboxylic acids is 1. The van der Waals surface area contributed by atoms with Crippen LogP contribution in [0, 0.1) is 0 Å². The number of alkyl halides is 3. The molecule has 146 valence electrons. The summed E-state index contributed by atoms with van der Waals surface area (Å²) >= 11 is 11.9. The Hall–Kier alpha value is -2.85. The number of anilines is 1. The Bertz CT molecular complexity index is 1010. The van der Waals surface area contributed by atoms with Crippen LogP contribution in [-0.2, 0) is 0 Å². The molecule has 2 N–H and O–H groups in total. The Morgan fingerprint density at radius 3 is 2.64 bits per heavy atom. The highest BCUT2D eigenvalue weighted by molar-refractivity contribution is 6.33. The standard InChI is InChI=1S/C16H10Cl2F3N5O2/c17-10-4-2-1-3-9(10)12-23-15(26-25-12)24-13(27)8-5-11(18)14(22-6-8)28-7-16(19,20)21/h1-6H,7H2,(H2,23,24,25,26,27). The second-order valence-electron chi connectivity index (χ2n) is 5.36. The zero-order valence-electron chi connectivity index (χ0n) is 13.7. The Kier molecular flexibility index (Phi) is 5.71. The number of rotatable bonds is 5. The zero-order chi connectivity index (χ0) is 20.3. The Labute approximate surface area is 165 Å². The van der Waals surface area contributed by atoms with Crippen molar-refractivity contribution in [1.29, 1.82) is 0 Å². The molecule has 2 heterocycles. The SMILES string of the molecule is O=C(Nc1n[nH]c(-c2ccccc2Cl)n1)c1cnc(OCC(F)(F)F)c(Cl)c1. The summed E-state index contributed by atoms with van der Waals surface area (Å²) in [6.45, 7) is -1.55. The van der Waals surface area contributed by atoms with Gasteiger partial charge >= 0.3 is 6.18 Å². The van der Waals surface area contributed by atoms with Gasteiger partial charge in [-0.15, -0.1) is 5.10 Å². The van der Waals surface area contributed by atoms with Crippen molar-refractivity contribution in [2.75, 3.05) is 11.9 Å². The molecule has 1 aromatic carbocycles. The van der Waals surface area contributed by atoms with E-state index in [-0.39, 0.29) is 16.5 Å². The van der Waals surface area contributed by atoms with Crippen molar-refractivity contribution in [2.45, 2.75) is 6.18 Å². The number of amides is 1. The van der Waals surface area contributed by atoms with Gasteiger partial charge in [-0.1, -0.05) is 35.3 Å². The van der Waals surface area contributed by atoms with E-state index in [2.05, 4.69) is 30.2 Å². The number of nitrogens with one attached hydrogen (secondary N) is 2. The van der Waals surface area contributed by atoms with Crippen LogP contribution >= 0.6 is 23.2 Å². The summed E-state index contributed by atoms with van der Waals surface area (Å²) in [4.78, 5) is 20.0. The van der Waals surface area contributed by atoms with Crippen LogP contribution in [0.4, 0.5) is 19.1 Å². The maximum absolute atomic E-state index is 12.3. The first-order chi connectivity index (χ1) is 13.2. The molecule has 0 saturated carbocycles. The number of halogens is 5. The van der Waals surface area contributed by atoms with Crippen LogP contribution < -0.4 is 10.1 Å². The summed E-state index contributed by atoms with van der Waals surface area (Å²) < 4.78 is 41.0. The topological polar surface area (TPSA) is 92.8 Å². The number of hydrogen-bond donors (Lipinski definition) is 2. The molecular formula is C16H10Cl2F3N5O2. The van der Waals surface area contributed by atoms with Gasteiger partial charge in [0, 0.05) is 11.8 Å². The minimum absolute atomic E-state index is 0.0200. The molecule has 0 unspecified atom stereocenters. The minimum atomic E-state index is -4.54. The molecule has 3 aromatic rings. The largest absolute Gasteiger partial charge is 0.467 e. The van der Waals surface area contributed by atoms with Gasteiger partial charge in [0.05, 0.1) is 10.6 Å². The molecule has 0 spiro atoms. The summed E-state index contributed by atoms with van der Waals surface area (Å²) in [5.41, 5.74) is 0.571. The van der Waals surface area contributed by atoms with Crippen molar-refractivity contribution in [3.63, 3.8) is 0 Å². The average molecular weight is 432 g/mol. The summed E-state index contributed by atoms with van der Waals surface area (Å²) in [6, 6.07) is 8.03. The van der Waals surface area contributed by atoms with E-state index in [4.69, 9.17) is 23.2 Å². The maximum Gasteiger partial charge on any atom is 0.422 e. The van der Waals surface area contributed by atoms with E-state index in [0.29, 0.717) is 16.4 Å². The van der Waals surface area contributed by atoms with Crippen LogP contribution in [0.3, 0.4) is 0 Å². The lowest BCUT2D eigenvalue weighted by molar-refractivity contribution is -0.154. The molecule has 1 amide bonds. The Morgan fingerprint density at radius 1 is 1.21 bits per heavy atom. The van der Waals surface area contributed by atoms with Crippen molar-refractivity contribution < 1.29 is 22.7 Å². The van der Waals surface area contributed by atoms with Crippen LogP contribution in [0.5, 0.6) is 5.88 Å². The van der Waals surface area contributed by atoms with Crippen molar-refractivity contribution in [3.05, 3.63) is 52.1 Å². The molecule has 0 fully saturated rings. The number of ether oxygens (including phenoxy) is 1.